The summed E-state index contributed by atoms with van der Waals surface area (Å²) in [6.45, 7) is 6.42. The second-order valence-corrected chi connectivity index (χ2v) is 16.3. The lowest BCUT2D eigenvalue weighted by Crippen LogP contribution is -2.30. The minimum absolute atomic E-state index is 0.102. The van der Waals surface area contributed by atoms with Crippen LogP contribution in [0.25, 0.3) is 0 Å². The number of rotatable bonds is 44. The molecule has 0 aromatic rings. The van der Waals surface area contributed by atoms with E-state index in [0.29, 0.717) is 19.3 Å². The van der Waals surface area contributed by atoms with E-state index in [1.54, 1.807) is 0 Å². The van der Waals surface area contributed by atoms with E-state index in [9.17, 15) is 14.4 Å². The molecule has 0 N–H and O–H groups in total. The van der Waals surface area contributed by atoms with E-state index in [2.05, 4.69) is 93.7 Å². The summed E-state index contributed by atoms with van der Waals surface area (Å²) in [5, 5.41) is 0. The number of unbranched alkanes of at least 4 members (excludes halogenated alkanes) is 21. The Kier molecular flexibility index (Phi) is 46.0. The summed E-state index contributed by atoms with van der Waals surface area (Å²) in [6.07, 6.45) is 60.4. The Hall–Kier alpha value is -3.15. The lowest BCUT2D eigenvalue weighted by Gasteiger charge is -2.18. The van der Waals surface area contributed by atoms with Crippen molar-refractivity contribution in [3.05, 3.63) is 72.9 Å². The number of carbonyl (C=O) groups excluding carboxylic acids is 3. The Bertz CT molecular complexity index is 1140. The summed E-state index contributed by atoms with van der Waals surface area (Å²) in [4.78, 5) is 37.8. The topological polar surface area (TPSA) is 78.9 Å². The van der Waals surface area contributed by atoms with Gasteiger partial charge < -0.3 is 14.2 Å². The number of allylic oxidation sites excluding steroid dienone is 12. The molecule has 60 heavy (non-hydrogen) atoms. The van der Waals surface area contributed by atoms with Crippen molar-refractivity contribution in [3.8, 4) is 0 Å². The van der Waals surface area contributed by atoms with Crippen molar-refractivity contribution in [1.29, 1.82) is 0 Å². The largest absolute Gasteiger partial charge is 0.462 e. The summed E-state index contributed by atoms with van der Waals surface area (Å²) in [6, 6.07) is 0. The molecule has 0 aromatic heterocycles. The van der Waals surface area contributed by atoms with Gasteiger partial charge in [-0.15, -0.1) is 0 Å². The van der Waals surface area contributed by atoms with Crippen molar-refractivity contribution >= 4 is 17.9 Å². The van der Waals surface area contributed by atoms with Crippen LogP contribution < -0.4 is 0 Å². The fourth-order valence-electron chi connectivity index (χ4n) is 6.67. The maximum absolute atomic E-state index is 12.8. The van der Waals surface area contributed by atoms with Gasteiger partial charge in [0.2, 0.25) is 0 Å². The highest BCUT2D eigenvalue weighted by molar-refractivity contribution is 5.71. The van der Waals surface area contributed by atoms with Crippen LogP contribution in [0.3, 0.4) is 0 Å². The summed E-state index contributed by atoms with van der Waals surface area (Å²) in [5.74, 6) is -0.983. The van der Waals surface area contributed by atoms with E-state index in [4.69, 9.17) is 14.2 Å². The predicted molar refractivity (Wildman–Crippen MR) is 256 cm³/mol. The second kappa shape index (κ2) is 48.5. The molecule has 1 atom stereocenters. The van der Waals surface area contributed by atoms with Gasteiger partial charge in [-0.3, -0.25) is 14.4 Å². The van der Waals surface area contributed by atoms with Crippen LogP contribution in [0, 0.1) is 0 Å². The van der Waals surface area contributed by atoms with Crippen molar-refractivity contribution in [1.82, 2.24) is 0 Å². The molecule has 0 radical (unpaired) electrons. The first-order valence-corrected chi connectivity index (χ1v) is 24.9. The minimum Gasteiger partial charge on any atom is -0.462 e. The van der Waals surface area contributed by atoms with Gasteiger partial charge in [-0.05, 0) is 103 Å². The fourth-order valence-corrected chi connectivity index (χ4v) is 6.67. The molecule has 0 aliphatic carbocycles. The maximum Gasteiger partial charge on any atom is 0.306 e. The van der Waals surface area contributed by atoms with Gasteiger partial charge in [0.05, 0.1) is 0 Å². The van der Waals surface area contributed by atoms with Gasteiger partial charge in [0.25, 0.3) is 0 Å². The molecular weight excluding hydrogens is 745 g/mol. The number of carbonyl (C=O) groups is 3. The van der Waals surface area contributed by atoms with Crippen LogP contribution >= 0.6 is 0 Å². The summed E-state index contributed by atoms with van der Waals surface area (Å²) >= 11 is 0. The smallest absolute Gasteiger partial charge is 0.306 e. The van der Waals surface area contributed by atoms with Crippen molar-refractivity contribution in [2.24, 2.45) is 0 Å². The van der Waals surface area contributed by atoms with Crippen molar-refractivity contribution in [2.45, 2.75) is 239 Å². The molecule has 0 rings (SSSR count). The lowest BCUT2D eigenvalue weighted by atomic mass is 10.1. The molecule has 344 valence electrons. The lowest BCUT2D eigenvalue weighted by molar-refractivity contribution is -0.167. The van der Waals surface area contributed by atoms with E-state index < -0.39 is 6.10 Å². The standard InChI is InChI=1S/C54H92O6/c1-4-7-10-13-16-19-22-24-26-27-28-30-32-35-38-41-44-47-53(56)59-50-51(49-58-52(55)46-43-40-37-34-31-21-18-15-12-9-6-3)60-54(57)48-45-42-39-36-33-29-25-23-20-17-14-11-8-5-2/h9,12,16,18-19,21,24,26,29,33-34,37,51H,4-8,10-11,13-15,17,20,22-23,25,27-28,30-32,35-36,38-50H2,1-3H3/b12-9-,19-16-,21-18-,26-24-,33-29-,37-34-. The van der Waals surface area contributed by atoms with Gasteiger partial charge in [-0.2, -0.15) is 0 Å². The zero-order valence-corrected chi connectivity index (χ0v) is 39.2. The normalized spacial score (nSPS) is 12.7. The molecule has 0 bridgehead atoms. The fraction of sp³-hybridized carbons (Fsp3) is 0.722. The number of hydrogen-bond donors (Lipinski definition) is 0. The van der Waals surface area contributed by atoms with Crippen LogP contribution in [-0.4, -0.2) is 37.2 Å². The van der Waals surface area contributed by atoms with E-state index >= 15 is 0 Å². The Morgan fingerprint density at radius 3 is 1.15 bits per heavy atom. The Morgan fingerprint density at radius 2 is 0.667 bits per heavy atom. The predicted octanol–water partition coefficient (Wildman–Crippen LogP) is 16.3. The van der Waals surface area contributed by atoms with Crippen LogP contribution in [0.1, 0.15) is 233 Å². The molecular formula is C54H92O6. The van der Waals surface area contributed by atoms with Gasteiger partial charge >= 0.3 is 17.9 Å². The number of esters is 3. The average Bonchev–Trinajstić information content (AvgIpc) is 3.24. The zero-order chi connectivity index (χ0) is 43.7. The first-order valence-electron chi connectivity index (χ1n) is 24.9. The first kappa shape index (κ1) is 56.9. The maximum atomic E-state index is 12.8. The van der Waals surface area contributed by atoms with Gasteiger partial charge in [0.1, 0.15) is 13.2 Å². The molecule has 0 aliphatic heterocycles. The van der Waals surface area contributed by atoms with E-state index in [1.807, 2.05) is 0 Å². The van der Waals surface area contributed by atoms with Crippen molar-refractivity contribution in [3.63, 3.8) is 0 Å². The number of hydrogen-bond acceptors (Lipinski definition) is 6. The third kappa shape index (κ3) is 45.9. The van der Waals surface area contributed by atoms with E-state index in [1.165, 1.54) is 96.3 Å². The summed E-state index contributed by atoms with van der Waals surface area (Å²) in [5.41, 5.74) is 0. The van der Waals surface area contributed by atoms with Gasteiger partial charge in [-0.1, -0.05) is 184 Å². The van der Waals surface area contributed by atoms with Crippen molar-refractivity contribution in [2.75, 3.05) is 13.2 Å². The molecule has 0 saturated carbocycles. The highest BCUT2D eigenvalue weighted by atomic mass is 16.6. The second-order valence-electron chi connectivity index (χ2n) is 16.3. The zero-order valence-electron chi connectivity index (χ0n) is 39.2. The molecule has 0 spiro atoms. The monoisotopic (exact) mass is 837 g/mol. The molecule has 0 aromatic carbocycles. The minimum atomic E-state index is -0.805. The third-order valence-electron chi connectivity index (χ3n) is 10.4. The summed E-state index contributed by atoms with van der Waals surface area (Å²) < 4.78 is 16.7. The van der Waals surface area contributed by atoms with Crippen LogP contribution in [0.4, 0.5) is 0 Å². The van der Waals surface area contributed by atoms with Crippen LogP contribution in [-0.2, 0) is 28.6 Å². The molecule has 0 fully saturated rings. The average molecular weight is 837 g/mol. The first-order chi connectivity index (χ1) is 29.5. The molecule has 6 nitrogen and oxygen atoms in total. The Morgan fingerprint density at radius 1 is 0.350 bits per heavy atom. The Balaban J connectivity index is 4.44. The highest BCUT2D eigenvalue weighted by Gasteiger charge is 2.19. The van der Waals surface area contributed by atoms with Gasteiger partial charge in [0.15, 0.2) is 6.10 Å². The molecule has 0 amide bonds. The highest BCUT2D eigenvalue weighted by Crippen LogP contribution is 2.13. The summed E-state index contributed by atoms with van der Waals surface area (Å²) in [7, 11) is 0. The van der Waals surface area contributed by atoms with Crippen LogP contribution in [0.5, 0.6) is 0 Å². The quantitative estimate of drug-likeness (QED) is 0.0263. The molecule has 0 saturated heterocycles. The SMILES string of the molecule is CC/C=C\C/C=C\C/C=C\CCCC(=O)OCC(COC(=O)CCCCCCCCC/C=C\C/C=C\CCCCC)OC(=O)CCCCC/C=C\CCCCCCCCC. The third-order valence-corrected chi connectivity index (χ3v) is 10.4. The van der Waals surface area contributed by atoms with Crippen molar-refractivity contribution < 1.29 is 28.6 Å². The number of ether oxygens (including phenoxy) is 3. The molecule has 1 unspecified atom stereocenters. The van der Waals surface area contributed by atoms with E-state index in [-0.39, 0.29) is 37.5 Å². The van der Waals surface area contributed by atoms with Gasteiger partial charge in [0, 0.05) is 19.3 Å². The van der Waals surface area contributed by atoms with Gasteiger partial charge in [-0.25, -0.2) is 0 Å². The van der Waals surface area contributed by atoms with Crippen LogP contribution in [0.2, 0.25) is 0 Å². The molecule has 0 aliphatic rings. The van der Waals surface area contributed by atoms with E-state index in [0.717, 1.165) is 89.9 Å². The van der Waals surface area contributed by atoms with Crippen LogP contribution in [0.15, 0.2) is 72.9 Å². The molecule has 6 heteroatoms. The Labute approximate surface area is 370 Å². The molecule has 0 heterocycles.